The topological polar surface area (TPSA) is 44.5 Å². The van der Waals surface area contributed by atoms with Gasteiger partial charge in [-0.1, -0.05) is 0 Å². The van der Waals surface area contributed by atoms with Crippen LogP contribution >= 0.6 is 11.3 Å². The van der Waals surface area contributed by atoms with Gasteiger partial charge in [0.05, 0.1) is 17.1 Å². The van der Waals surface area contributed by atoms with Crippen molar-refractivity contribution in [3.05, 3.63) is 22.4 Å². The molecular formula is C11H18BNO2S. The molecule has 88 valence electrons. The molecule has 3 nitrogen and oxygen atoms in total. The van der Waals surface area contributed by atoms with E-state index >= 15 is 0 Å². The van der Waals surface area contributed by atoms with Crippen molar-refractivity contribution in [1.82, 2.24) is 0 Å². The summed E-state index contributed by atoms with van der Waals surface area (Å²) in [5.41, 5.74) is 6.59. The number of nitrogens with two attached hydrogens (primary N) is 1. The van der Waals surface area contributed by atoms with Gasteiger partial charge in [0.25, 0.3) is 0 Å². The molecule has 1 unspecified atom stereocenters. The summed E-state index contributed by atoms with van der Waals surface area (Å²) in [4.78, 5) is 0. The van der Waals surface area contributed by atoms with E-state index in [4.69, 9.17) is 15.0 Å². The van der Waals surface area contributed by atoms with Crippen molar-refractivity contribution in [2.75, 3.05) is 0 Å². The van der Waals surface area contributed by atoms with E-state index in [1.807, 2.05) is 44.5 Å². The largest absolute Gasteiger partial charge is 0.480 e. The minimum atomic E-state index is -0.361. The molecule has 0 amide bonds. The van der Waals surface area contributed by atoms with Gasteiger partial charge in [-0.25, -0.2) is 0 Å². The van der Waals surface area contributed by atoms with E-state index in [1.165, 1.54) is 0 Å². The lowest BCUT2D eigenvalue weighted by molar-refractivity contribution is 0.00578. The minimum absolute atomic E-state index is 0.215. The summed E-state index contributed by atoms with van der Waals surface area (Å²) in [5, 5.41) is 4.05. The first-order chi connectivity index (χ1) is 7.33. The van der Waals surface area contributed by atoms with E-state index in [9.17, 15) is 0 Å². The van der Waals surface area contributed by atoms with Crippen LogP contribution in [0, 0.1) is 0 Å². The number of hydrogen-bond acceptors (Lipinski definition) is 4. The van der Waals surface area contributed by atoms with Crippen LogP contribution in [0.4, 0.5) is 0 Å². The summed E-state index contributed by atoms with van der Waals surface area (Å²) in [6.45, 7) is 8.14. The first-order valence-electron chi connectivity index (χ1n) is 5.47. The zero-order chi connectivity index (χ0) is 12.0. The Hall–Kier alpha value is -0.355. The third-order valence-corrected chi connectivity index (χ3v) is 4.19. The Balaban J connectivity index is 2.15. The Morgan fingerprint density at radius 3 is 2.25 bits per heavy atom. The van der Waals surface area contributed by atoms with Gasteiger partial charge in [-0.15, -0.1) is 0 Å². The maximum atomic E-state index is 6.14. The van der Waals surface area contributed by atoms with Crippen molar-refractivity contribution in [2.45, 2.75) is 44.8 Å². The van der Waals surface area contributed by atoms with Gasteiger partial charge in [0.2, 0.25) is 0 Å². The fraction of sp³-hybridized carbons (Fsp3) is 0.636. The highest BCUT2D eigenvalue weighted by Crippen LogP contribution is 2.39. The Morgan fingerprint density at radius 1 is 1.25 bits per heavy atom. The molecule has 1 fully saturated rings. The lowest BCUT2D eigenvalue weighted by Gasteiger charge is -2.32. The normalized spacial score (nSPS) is 24.7. The molecular weight excluding hydrogens is 221 g/mol. The van der Waals surface area contributed by atoms with Crippen LogP contribution < -0.4 is 5.73 Å². The van der Waals surface area contributed by atoms with Crippen LogP contribution in [-0.4, -0.2) is 18.3 Å². The molecule has 0 bridgehead atoms. The molecule has 1 saturated heterocycles. The van der Waals surface area contributed by atoms with Gasteiger partial charge in [-0.3, -0.25) is 0 Å². The van der Waals surface area contributed by atoms with Crippen LogP contribution in [0.1, 0.15) is 39.2 Å². The van der Waals surface area contributed by atoms with Crippen LogP contribution in [-0.2, 0) is 9.31 Å². The highest BCUT2D eigenvalue weighted by atomic mass is 32.1. The first-order valence-corrected chi connectivity index (χ1v) is 6.41. The molecule has 0 radical (unpaired) electrons. The maximum absolute atomic E-state index is 6.14. The predicted octanol–water partition coefficient (Wildman–Crippen LogP) is 2.38. The van der Waals surface area contributed by atoms with Crippen LogP contribution in [0.15, 0.2) is 16.8 Å². The summed E-state index contributed by atoms with van der Waals surface area (Å²) >= 11 is 1.64. The van der Waals surface area contributed by atoms with E-state index in [2.05, 4.69) is 0 Å². The number of rotatable bonds is 2. The lowest BCUT2D eigenvalue weighted by atomic mass is 9.76. The Labute approximate surface area is 101 Å². The minimum Gasteiger partial charge on any atom is -0.402 e. The van der Waals surface area contributed by atoms with Crippen molar-refractivity contribution in [1.29, 1.82) is 0 Å². The molecule has 0 saturated carbocycles. The van der Waals surface area contributed by atoms with Crippen molar-refractivity contribution < 1.29 is 9.31 Å². The standard InChI is InChI=1S/C11H18BNO2S/c1-10(2)11(3,4)15-12(14-10)9(13)8-5-6-16-7-8/h5-7,9H,13H2,1-4H3. The lowest BCUT2D eigenvalue weighted by Crippen LogP contribution is -2.41. The van der Waals surface area contributed by atoms with Crippen LogP contribution in [0.3, 0.4) is 0 Å². The second kappa shape index (κ2) is 3.84. The van der Waals surface area contributed by atoms with Gasteiger partial charge in [0.15, 0.2) is 0 Å². The Morgan fingerprint density at radius 2 is 1.81 bits per heavy atom. The average molecular weight is 239 g/mol. The zero-order valence-electron chi connectivity index (χ0n) is 10.2. The molecule has 1 aliphatic rings. The maximum Gasteiger partial charge on any atom is 0.480 e. The summed E-state index contributed by atoms with van der Waals surface area (Å²) < 4.78 is 11.8. The third kappa shape index (κ3) is 1.93. The first kappa shape index (κ1) is 12.1. The highest BCUT2D eigenvalue weighted by Gasteiger charge is 2.53. The molecule has 5 heteroatoms. The smallest absolute Gasteiger partial charge is 0.402 e. The fourth-order valence-corrected chi connectivity index (χ4v) is 2.36. The van der Waals surface area contributed by atoms with Crippen molar-refractivity contribution in [3.63, 3.8) is 0 Å². The van der Waals surface area contributed by atoms with Crippen LogP contribution in [0.2, 0.25) is 0 Å². The number of hydrogen-bond donors (Lipinski definition) is 1. The van der Waals surface area contributed by atoms with E-state index in [0.29, 0.717) is 0 Å². The van der Waals surface area contributed by atoms with Crippen molar-refractivity contribution in [3.8, 4) is 0 Å². The molecule has 16 heavy (non-hydrogen) atoms. The number of thiophene rings is 1. The van der Waals surface area contributed by atoms with E-state index in [-0.39, 0.29) is 24.3 Å². The van der Waals surface area contributed by atoms with Gasteiger partial charge >= 0.3 is 7.12 Å². The van der Waals surface area contributed by atoms with Gasteiger partial charge in [-0.2, -0.15) is 11.3 Å². The highest BCUT2D eigenvalue weighted by molar-refractivity contribution is 7.08. The molecule has 0 spiro atoms. The van der Waals surface area contributed by atoms with Gasteiger partial charge in [0.1, 0.15) is 0 Å². The predicted molar refractivity (Wildman–Crippen MR) is 67.3 cm³/mol. The SMILES string of the molecule is CC1(C)OB(C(N)c2ccsc2)OC1(C)C. The molecule has 2 N–H and O–H groups in total. The molecule has 0 aliphatic carbocycles. The molecule has 1 aromatic heterocycles. The van der Waals surface area contributed by atoms with Gasteiger partial charge in [-0.05, 0) is 50.1 Å². The van der Waals surface area contributed by atoms with E-state index in [0.717, 1.165) is 5.56 Å². The van der Waals surface area contributed by atoms with Gasteiger partial charge in [0, 0.05) is 0 Å². The molecule has 1 aliphatic heterocycles. The summed E-state index contributed by atoms with van der Waals surface area (Å²) in [6, 6.07) is 2.01. The molecule has 2 rings (SSSR count). The van der Waals surface area contributed by atoms with Crippen molar-refractivity contribution in [2.24, 2.45) is 5.73 Å². The summed E-state index contributed by atoms with van der Waals surface area (Å²) in [5.74, 6) is -0.215. The molecule has 1 aromatic rings. The van der Waals surface area contributed by atoms with Gasteiger partial charge < -0.3 is 15.0 Å². The monoisotopic (exact) mass is 239 g/mol. The zero-order valence-corrected chi connectivity index (χ0v) is 11.0. The quantitative estimate of drug-likeness (QED) is 0.806. The molecule has 2 heterocycles. The Kier molecular flexibility index (Phi) is 2.91. The summed E-state index contributed by atoms with van der Waals surface area (Å²) in [7, 11) is -0.361. The molecule has 1 atom stereocenters. The van der Waals surface area contributed by atoms with Crippen LogP contribution in [0.25, 0.3) is 0 Å². The fourth-order valence-electron chi connectivity index (χ4n) is 1.66. The second-order valence-electron chi connectivity index (χ2n) is 5.21. The molecule has 0 aromatic carbocycles. The average Bonchev–Trinajstić information content (AvgIpc) is 2.72. The van der Waals surface area contributed by atoms with Crippen LogP contribution in [0.5, 0.6) is 0 Å². The second-order valence-corrected chi connectivity index (χ2v) is 5.99. The summed E-state index contributed by atoms with van der Waals surface area (Å²) in [6.07, 6.45) is 0. The van der Waals surface area contributed by atoms with Crippen molar-refractivity contribution >= 4 is 18.5 Å². The van der Waals surface area contributed by atoms with E-state index in [1.54, 1.807) is 11.3 Å². The van der Waals surface area contributed by atoms with E-state index < -0.39 is 0 Å². The Bertz CT molecular complexity index is 348. The third-order valence-electron chi connectivity index (χ3n) is 3.49.